The molecule has 1 aliphatic rings. The minimum Gasteiger partial charge on any atom is -0.491 e. The zero-order valence-corrected chi connectivity index (χ0v) is 17.4. The van der Waals surface area contributed by atoms with Gasteiger partial charge in [-0.2, -0.15) is 0 Å². The first-order chi connectivity index (χ1) is 14.5. The van der Waals surface area contributed by atoms with Crippen molar-refractivity contribution >= 4 is 0 Å². The van der Waals surface area contributed by atoms with Crippen LogP contribution in [0.4, 0.5) is 4.39 Å². The van der Waals surface area contributed by atoms with E-state index in [1.807, 2.05) is 30.7 Å². The number of aryl methyl sites for hydroxylation is 3. The van der Waals surface area contributed by atoms with Gasteiger partial charge in [0.2, 0.25) is 0 Å². The van der Waals surface area contributed by atoms with Crippen LogP contribution in [0, 0.1) is 19.7 Å². The quantitative estimate of drug-likeness (QED) is 0.550. The number of benzene rings is 2. The number of rotatable bonds is 8. The lowest BCUT2D eigenvalue weighted by molar-refractivity contribution is -0.184. The highest BCUT2D eigenvalue weighted by atomic mass is 19.1. The van der Waals surface area contributed by atoms with Crippen molar-refractivity contribution in [2.45, 2.75) is 45.1 Å². The Bertz CT molecular complexity index is 959. The van der Waals surface area contributed by atoms with Gasteiger partial charge in [0.15, 0.2) is 5.79 Å². The van der Waals surface area contributed by atoms with Crippen LogP contribution in [0.5, 0.6) is 5.75 Å². The predicted molar refractivity (Wildman–Crippen MR) is 112 cm³/mol. The summed E-state index contributed by atoms with van der Waals surface area (Å²) in [7, 11) is 0. The lowest BCUT2D eigenvalue weighted by Crippen LogP contribution is -2.37. The highest BCUT2D eigenvalue weighted by Crippen LogP contribution is 2.31. The van der Waals surface area contributed by atoms with E-state index in [2.05, 4.69) is 17.1 Å². The summed E-state index contributed by atoms with van der Waals surface area (Å²) in [6.07, 6.45) is 6.60. The molecule has 0 bridgehead atoms. The average Bonchev–Trinajstić information content (AvgIpc) is 3.39. The van der Waals surface area contributed by atoms with Crippen molar-refractivity contribution in [1.29, 1.82) is 0 Å². The van der Waals surface area contributed by atoms with E-state index in [0.717, 1.165) is 28.9 Å². The first kappa shape index (κ1) is 20.6. The Morgan fingerprint density at radius 3 is 2.80 bits per heavy atom. The fourth-order valence-corrected chi connectivity index (χ4v) is 3.68. The molecule has 1 saturated heterocycles. The molecule has 0 saturated carbocycles. The molecule has 2 heterocycles. The summed E-state index contributed by atoms with van der Waals surface area (Å²) in [6.45, 7) is 5.50. The molecule has 1 aromatic heterocycles. The Kier molecular flexibility index (Phi) is 6.16. The average molecular weight is 410 g/mol. The van der Waals surface area contributed by atoms with E-state index in [0.29, 0.717) is 26.2 Å². The largest absolute Gasteiger partial charge is 0.491 e. The highest BCUT2D eigenvalue weighted by molar-refractivity contribution is 5.36. The smallest absolute Gasteiger partial charge is 0.187 e. The molecule has 2 unspecified atom stereocenters. The second kappa shape index (κ2) is 8.98. The van der Waals surface area contributed by atoms with Gasteiger partial charge in [-0.3, -0.25) is 0 Å². The summed E-state index contributed by atoms with van der Waals surface area (Å²) in [5.41, 5.74) is 3.30. The number of hydrogen-bond donors (Lipinski definition) is 0. The van der Waals surface area contributed by atoms with Crippen molar-refractivity contribution in [3.8, 4) is 5.75 Å². The van der Waals surface area contributed by atoms with Gasteiger partial charge in [0.25, 0.3) is 0 Å². The van der Waals surface area contributed by atoms with Crippen molar-refractivity contribution in [2.24, 2.45) is 0 Å². The summed E-state index contributed by atoms with van der Waals surface area (Å²) < 4.78 is 33.8. The molecular weight excluding hydrogens is 383 g/mol. The van der Waals surface area contributed by atoms with Gasteiger partial charge in [0.05, 0.1) is 19.5 Å². The van der Waals surface area contributed by atoms with E-state index in [-0.39, 0.29) is 11.9 Å². The normalized spacial score (nSPS) is 21.1. The van der Waals surface area contributed by atoms with Crippen molar-refractivity contribution in [2.75, 3.05) is 13.2 Å². The molecule has 0 radical (unpaired) electrons. The van der Waals surface area contributed by atoms with E-state index < -0.39 is 5.79 Å². The van der Waals surface area contributed by atoms with Crippen LogP contribution >= 0.6 is 0 Å². The SMILES string of the molecule is Cc1ccc(C)c(OCC2COC(CCc3ccc(F)cc3)(Cn3ccnc3)O2)c1. The number of imidazole rings is 1. The third-order valence-corrected chi connectivity index (χ3v) is 5.37. The van der Waals surface area contributed by atoms with Crippen LogP contribution in [0.15, 0.2) is 61.2 Å². The molecule has 158 valence electrons. The lowest BCUT2D eigenvalue weighted by atomic mass is 10.0. The number of aromatic nitrogens is 2. The Hall–Kier alpha value is -2.70. The number of hydrogen-bond acceptors (Lipinski definition) is 4. The van der Waals surface area contributed by atoms with E-state index in [9.17, 15) is 4.39 Å². The molecule has 5 nitrogen and oxygen atoms in total. The van der Waals surface area contributed by atoms with Crippen molar-refractivity contribution < 1.29 is 18.6 Å². The van der Waals surface area contributed by atoms with E-state index in [1.54, 1.807) is 24.7 Å². The molecule has 6 heteroatoms. The topological polar surface area (TPSA) is 45.5 Å². The van der Waals surface area contributed by atoms with Crippen LogP contribution in [0.2, 0.25) is 0 Å². The minimum absolute atomic E-state index is 0.165. The Morgan fingerprint density at radius 2 is 2.03 bits per heavy atom. The molecule has 4 rings (SSSR count). The molecule has 2 aromatic carbocycles. The van der Waals surface area contributed by atoms with Gasteiger partial charge < -0.3 is 18.8 Å². The lowest BCUT2D eigenvalue weighted by Gasteiger charge is -2.28. The highest BCUT2D eigenvalue weighted by Gasteiger charge is 2.42. The standard InChI is InChI=1S/C24H27FN2O3/c1-18-3-4-19(2)23(13-18)28-14-22-15-29-24(30-22,16-27-12-11-26-17-27)10-9-20-5-7-21(25)8-6-20/h3-8,11-13,17,22H,9-10,14-16H2,1-2H3. The van der Waals surface area contributed by atoms with Crippen LogP contribution in [-0.2, 0) is 22.4 Å². The minimum atomic E-state index is -0.773. The first-order valence-electron chi connectivity index (χ1n) is 10.2. The Balaban J connectivity index is 1.42. The second-order valence-corrected chi connectivity index (χ2v) is 7.90. The summed E-state index contributed by atoms with van der Waals surface area (Å²) >= 11 is 0. The fraction of sp³-hybridized carbons (Fsp3) is 0.375. The number of ether oxygens (including phenoxy) is 3. The third-order valence-electron chi connectivity index (χ3n) is 5.37. The Morgan fingerprint density at radius 1 is 1.20 bits per heavy atom. The second-order valence-electron chi connectivity index (χ2n) is 7.90. The zero-order valence-electron chi connectivity index (χ0n) is 17.4. The molecule has 0 amide bonds. The summed E-state index contributed by atoms with van der Waals surface area (Å²) in [5, 5.41) is 0. The van der Waals surface area contributed by atoms with Crippen molar-refractivity contribution in [1.82, 2.24) is 9.55 Å². The van der Waals surface area contributed by atoms with E-state index in [4.69, 9.17) is 14.2 Å². The predicted octanol–water partition coefficient (Wildman–Crippen LogP) is 4.46. The van der Waals surface area contributed by atoms with Crippen LogP contribution in [0.3, 0.4) is 0 Å². The summed E-state index contributed by atoms with van der Waals surface area (Å²) in [5.74, 6) is -0.133. The van der Waals surface area contributed by atoms with Crippen LogP contribution in [0.1, 0.15) is 23.1 Å². The maximum absolute atomic E-state index is 13.2. The molecule has 1 aliphatic heterocycles. The van der Waals surface area contributed by atoms with Gasteiger partial charge in [0.1, 0.15) is 24.3 Å². The summed E-state index contributed by atoms with van der Waals surface area (Å²) in [4.78, 5) is 4.12. The van der Waals surface area contributed by atoms with Gasteiger partial charge >= 0.3 is 0 Å². The van der Waals surface area contributed by atoms with Crippen molar-refractivity contribution in [3.63, 3.8) is 0 Å². The van der Waals surface area contributed by atoms with Gasteiger partial charge in [-0.05, 0) is 55.2 Å². The summed E-state index contributed by atoms with van der Waals surface area (Å²) in [6, 6.07) is 12.7. The van der Waals surface area contributed by atoms with Crippen molar-refractivity contribution in [3.05, 3.63) is 83.7 Å². The maximum atomic E-state index is 13.2. The first-order valence-corrected chi connectivity index (χ1v) is 10.2. The van der Waals surface area contributed by atoms with Crippen LogP contribution < -0.4 is 4.74 Å². The molecule has 0 spiro atoms. The van der Waals surface area contributed by atoms with Gasteiger partial charge in [0, 0.05) is 18.8 Å². The van der Waals surface area contributed by atoms with E-state index >= 15 is 0 Å². The van der Waals surface area contributed by atoms with Gasteiger partial charge in [-0.1, -0.05) is 24.3 Å². The molecule has 3 aromatic rings. The monoisotopic (exact) mass is 410 g/mol. The van der Waals surface area contributed by atoms with E-state index in [1.165, 1.54) is 12.1 Å². The molecule has 0 aliphatic carbocycles. The number of halogens is 1. The fourth-order valence-electron chi connectivity index (χ4n) is 3.68. The van der Waals surface area contributed by atoms with Gasteiger partial charge in [-0.15, -0.1) is 0 Å². The van der Waals surface area contributed by atoms with Crippen LogP contribution in [0.25, 0.3) is 0 Å². The molecular formula is C24H27FN2O3. The zero-order chi connectivity index (χ0) is 21.0. The molecule has 2 atom stereocenters. The molecule has 1 fully saturated rings. The molecule has 0 N–H and O–H groups in total. The van der Waals surface area contributed by atoms with Gasteiger partial charge in [-0.25, -0.2) is 9.37 Å². The number of nitrogens with zero attached hydrogens (tertiary/aromatic N) is 2. The molecule has 30 heavy (non-hydrogen) atoms. The Labute approximate surface area is 176 Å². The third kappa shape index (κ3) is 5.07. The van der Waals surface area contributed by atoms with Crippen LogP contribution in [-0.4, -0.2) is 34.7 Å². The maximum Gasteiger partial charge on any atom is 0.187 e.